The highest BCUT2D eigenvalue weighted by atomic mass is 35.5. The summed E-state index contributed by atoms with van der Waals surface area (Å²) in [6, 6.07) is 16.3. The maximum Gasteiger partial charge on any atom is 0.265 e. The monoisotopic (exact) mass is 354 g/mol. The molecule has 2 aromatic heterocycles. The van der Waals surface area contributed by atoms with Crippen LogP contribution in [0.2, 0.25) is 5.02 Å². The molecule has 118 valence electrons. The zero-order valence-electron chi connectivity index (χ0n) is 12.3. The van der Waals surface area contributed by atoms with E-state index in [1.807, 2.05) is 35.7 Å². The first-order valence-electron chi connectivity index (χ1n) is 7.21. The van der Waals surface area contributed by atoms with Crippen molar-refractivity contribution in [3.8, 4) is 11.5 Å². The number of rotatable bonds is 3. The number of nitrogens with zero attached hydrogens (tertiary/aromatic N) is 1. The van der Waals surface area contributed by atoms with Crippen LogP contribution in [-0.2, 0) is 0 Å². The second-order valence-corrected chi connectivity index (χ2v) is 6.49. The summed E-state index contributed by atoms with van der Waals surface area (Å²) in [5, 5.41) is 5.38. The van der Waals surface area contributed by atoms with Crippen LogP contribution in [0.4, 0.5) is 5.69 Å². The Balaban J connectivity index is 1.73. The van der Waals surface area contributed by atoms with Gasteiger partial charge in [-0.2, -0.15) is 0 Å². The number of thiophene rings is 1. The summed E-state index contributed by atoms with van der Waals surface area (Å²) in [7, 11) is 0. The van der Waals surface area contributed by atoms with Gasteiger partial charge in [0.05, 0.1) is 16.1 Å². The average molecular weight is 355 g/mol. The topological polar surface area (TPSA) is 55.1 Å². The summed E-state index contributed by atoms with van der Waals surface area (Å²) < 4.78 is 5.80. The summed E-state index contributed by atoms with van der Waals surface area (Å²) in [5.41, 5.74) is 2.69. The lowest BCUT2D eigenvalue weighted by molar-refractivity contribution is 0.103. The van der Waals surface area contributed by atoms with Crippen molar-refractivity contribution in [1.29, 1.82) is 0 Å². The van der Waals surface area contributed by atoms with E-state index in [0.29, 0.717) is 32.6 Å². The fraction of sp³-hybridized carbons (Fsp3) is 0. The van der Waals surface area contributed by atoms with Gasteiger partial charge in [0.1, 0.15) is 5.52 Å². The molecule has 0 unspecified atom stereocenters. The van der Waals surface area contributed by atoms with Crippen LogP contribution in [0.5, 0.6) is 0 Å². The largest absolute Gasteiger partial charge is 0.436 e. The fourth-order valence-electron chi connectivity index (χ4n) is 2.39. The molecule has 1 amide bonds. The van der Waals surface area contributed by atoms with Crippen LogP contribution in [0.25, 0.3) is 22.6 Å². The second kappa shape index (κ2) is 6.11. The Kier molecular flexibility index (Phi) is 3.80. The van der Waals surface area contributed by atoms with Gasteiger partial charge in [0.15, 0.2) is 5.58 Å². The quantitative estimate of drug-likeness (QED) is 0.531. The molecule has 0 fully saturated rings. The molecule has 0 aliphatic carbocycles. The van der Waals surface area contributed by atoms with Crippen molar-refractivity contribution in [1.82, 2.24) is 4.98 Å². The zero-order chi connectivity index (χ0) is 16.5. The van der Waals surface area contributed by atoms with Gasteiger partial charge in [0.2, 0.25) is 5.89 Å². The average Bonchev–Trinajstić information content (AvgIpc) is 3.24. The zero-order valence-corrected chi connectivity index (χ0v) is 13.9. The third-order valence-corrected chi connectivity index (χ3v) is 4.60. The molecule has 0 bridgehead atoms. The lowest BCUT2D eigenvalue weighted by atomic mass is 10.1. The van der Waals surface area contributed by atoms with Crippen molar-refractivity contribution < 1.29 is 9.21 Å². The summed E-state index contributed by atoms with van der Waals surface area (Å²) in [5.74, 6) is 0.283. The third kappa shape index (κ3) is 2.79. The molecule has 0 atom stereocenters. The highest BCUT2D eigenvalue weighted by Crippen LogP contribution is 2.31. The fourth-order valence-corrected chi connectivity index (χ4v) is 3.17. The van der Waals surface area contributed by atoms with Gasteiger partial charge in [-0.3, -0.25) is 4.79 Å². The molecule has 1 N–H and O–H groups in total. The van der Waals surface area contributed by atoms with Crippen molar-refractivity contribution in [2.24, 2.45) is 0 Å². The Bertz CT molecular complexity index is 1020. The molecule has 0 saturated heterocycles. The normalized spacial score (nSPS) is 10.9. The number of carbonyl (C=O) groups is 1. The van der Waals surface area contributed by atoms with Crippen LogP contribution in [-0.4, -0.2) is 10.9 Å². The smallest absolute Gasteiger partial charge is 0.265 e. The van der Waals surface area contributed by atoms with Crippen molar-refractivity contribution in [3.63, 3.8) is 0 Å². The van der Waals surface area contributed by atoms with E-state index in [4.69, 9.17) is 16.0 Å². The molecule has 24 heavy (non-hydrogen) atoms. The summed E-state index contributed by atoms with van der Waals surface area (Å²) in [6.07, 6.45) is 0. The summed E-state index contributed by atoms with van der Waals surface area (Å²) >= 11 is 7.39. The molecule has 2 heterocycles. The van der Waals surface area contributed by atoms with Gasteiger partial charge in [-0.05, 0) is 41.8 Å². The van der Waals surface area contributed by atoms with Crippen molar-refractivity contribution in [3.05, 3.63) is 69.9 Å². The minimum absolute atomic E-state index is 0.156. The van der Waals surface area contributed by atoms with Gasteiger partial charge in [0.25, 0.3) is 5.91 Å². The first kappa shape index (κ1) is 14.9. The Morgan fingerprint density at radius 3 is 2.83 bits per heavy atom. The number of para-hydroxylation sites is 1. The van der Waals surface area contributed by atoms with Gasteiger partial charge >= 0.3 is 0 Å². The number of aromatic nitrogens is 1. The van der Waals surface area contributed by atoms with E-state index in [1.54, 1.807) is 24.3 Å². The van der Waals surface area contributed by atoms with E-state index >= 15 is 0 Å². The van der Waals surface area contributed by atoms with Crippen LogP contribution in [0.1, 0.15) is 9.67 Å². The number of carbonyl (C=O) groups excluding carboxylic acids is 1. The molecule has 0 spiro atoms. The van der Waals surface area contributed by atoms with E-state index in [1.165, 1.54) is 11.3 Å². The van der Waals surface area contributed by atoms with E-state index in [2.05, 4.69) is 10.3 Å². The first-order valence-corrected chi connectivity index (χ1v) is 8.47. The standard InChI is InChI=1S/C18H11ClN2O2S/c19-11-7-8-15-14(10-11)21-18(23-15)12-4-1-2-5-13(12)20-17(22)16-6-3-9-24-16/h1-10H,(H,20,22). The van der Waals surface area contributed by atoms with Crippen LogP contribution in [0.15, 0.2) is 64.4 Å². The van der Waals surface area contributed by atoms with E-state index in [0.717, 1.165) is 5.56 Å². The summed E-state index contributed by atoms with van der Waals surface area (Å²) in [4.78, 5) is 17.4. The van der Waals surface area contributed by atoms with Gasteiger partial charge in [0, 0.05) is 5.02 Å². The molecule has 2 aromatic carbocycles. The Hall–Kier alpha value is -2.63. The number of amides is 1. The number of oxazole rings is 1. The van der Waals surface area contributed by atoms with Gasteiger partial charge in [-0.25, -0.2) is 4.98 Å². The van der Waals surface area contributed by atoms with E-state index in [9.17, 15) is 4.79 Å². The van der Waals surface area contributed by atoms with Gasteiger partial charge < -0.3 is 9.73 Å². The number of benzene rings is 2. The lowest BCUT2D eigenvalue weighted by Crippen LogP contribution is -2.10. The number of hydrogen-bond acceptors (Lipinski definition) is 4. The van der Waals surface area contributed by atoms with Crippen molar-refractivity contribution in [2.75, 3.05) is 5.32 Å². The molecule has 0 radical (unpaired) electrons. The van der Waals surface area contributed by atoms with Gasteiger partial charge in [-0.15, -0.1) is 11.3 Å². The predicted octanol–water partition coefficient (Wildman–Crippen LogP) is 5.46. The third-order valence-electron chi connectivity index (χ3n) is 3.50. The number of hydrogen-bond donors (Lipinski definition) is 1. The first-order chi connectivity index (χ1) is 11.7. The second-order valence-electron chi connectivity index (χ2n) is 5.11. The number of fused-ring (bicyclic) bond motifs is 1. The molecule has 4 rings (SSSR count). The predicted molar refractivity (Wildman–Crippen MR) is 96.7 cm³/mol. The number of nitrogens with one attached hydrogen (secondary N) is 1. The van der Waals surface area contributed by atoms with Crippen LogP contribution in [0.3, 0.4) is 0 Å². The Labute approximate surface area is 146 Å². The van der Waals surface area contributed by atoms with Crippen LogP contribution >= 0.6 is 22.9 Å². The molecule has 4 nitrogen and oxygen atoms in total. The summed E-state index contributed by atoms with van der Waals surface area (Å²) in [6.45, 7) is 0. The number of halogens is 1. The highest BCUT2D eigenvalue weighted by molar-refractivity contribution is 7.12. The Morgan fingerprint density at radius 1 is 1.12 bits per heavy atom. The van der Waals surface area contributed by atoms with Gasteiger partial charge in [-0.1, -0.05) is 29.8 Å². The molecular weight excluding hydrogens is 344 g/mol. The molecule has 6 heteroatoms. The molecule has 0 aliphatic heterocycles. The molecular formula is C18H11ClN2O2S. The minimum atomic E-state index is -0.156. The lowest BCUT2D eigenvalue weighted by Gasteiger charge is -2.07. The number of anilines is 1. The van der Waals surface area contributed by atoms with Crippen molar-refractivity contribution >= 4 is 45.6 Å². The maximum atomic E-state index is 12.3. The SMILES string of the molecule is O=C(Nc1ccccc1-c1nc2cc(Cl)ccc2o1)c1cccs1. The molecule has 0 saturated carbocycles. The van der Waals surface area contributed by atoms with Crippen LogP contribution in [0, 0.1) is 0 Å². The van der Waals surface area contributed by atoms with Crippen molar-refractivity contribution in [2.45, 2.75) is 0 Å². The van der Waals surface area contributed by atoms with E-state index < -0.39 is 0 Å². The van der Waals surface area contributed by atoms with Crippen LogP contribution < -0.4 is 5.32 Å². The molecule has 4 aromatic rings. The molecule has 0 aliphatic rings. The highest BCUT2D eigenvalue weighted by Gasteiger charge is 2.15. The minimum Gasteiger partial charge on any atom is -0.436 e. The Morgan fingerprint density at radius 2 is 2.00 bits per heavy atom. The maximum absolute atomic E-state index is 12.3. The van der Waals surface area contributed by atoms with E-state index in [-0.39, 0.29) is 5.91 Å².